The van der Waals surface area contributed by atoms with Crippen molar-refractivity contribution in [2.24, 2.45) is 0 Å². The molecule has 0 amide bonds. The van der Waals surface area contributed by atoms with Gasteiger partial charge < -0.3 is 10.4 Å². The topological polar surface area (TPSA) is 32.3 Å². The van der Waals surface area contributed by atoms with E-state index in [1.54, 1.807) is 0 Å². The van der Waals surface area contributed by atoms with E-state index in [0.29, 0.717) is 11.6 Å². The highest BCUT2D eigenvalue weighted by molar-refractivity contribution is 9.10. The van der Waals surface area contributed by atoms with Gasteiger partial charge in [-0.25, -0.2) is 0 Å². The Morgan fingerprint density at radius 2 is 2.00 bits per heavy atom. The molecule has 0 fully saturated rings. The van der Waals surface area contributed by atoms with Crippen molar-refractivity contribution in [3.63, 3.8) is 0 Å². The van der Waals surface area contributed by atoms with E-state index in [0.717, 1.165) is 29.4 Å². The van der Waals surface area contributed by atoms with Gasteiger partial charge in [0.25, 0.3) is 0 Å². The zero-order valence-electron chi connectivity index (χ0n) is 10.3. The van der Waals surface area contributed by atoms with Gasteiger partial charge in [-0.15, -0.1) is 0 Å². The highest BCUT2D eigenvalue weighted by atomic mass is 79.9. The molecule has 0 unspecified atom stereocenters. The third kappa shape index (κ3) is 4.59. The predicted molar refractivity (Wildman–Crippen MR) is 76.4 cm³/mol. The average Bonchev–Trinajstić information content (AvgIpc) is 2.33. The molecule has 0 bridgehead atoms. The molecule has 0 radical (unpaired) electrons. The van der Waals surface area contributed by atoms with E-state index >= 15 is 0 Å². The minimum absolute atomic E-state index is 0.594. The molecule has 2 nitrogen and oxygen atoms in total. The molecule has 0 aliphatic rings. The molecule has 0 saturated heterocycles. The standard InChI is InChI=1S/C13H19BrClNO/c1-3-13(17,4-2)9-16-8-10-5-6-12(15)11(14)7-10/h5-7,16-17H,3-4,8-9H2,1-2H3. The molecule has 0 spiro atoms. The fraction of sp³-hybridized carbons (Fsp3) is 0.538. The molecular weight excluding hydrogens is 302 g/mol. The highest BCUT2D eigenvalue weighted by Crippen LogP contribution is 2.23. The van der Waals surface area contributed by atoms with Crippen molar-refractivity contribution in [1.82, 2.24) is 5.32 Å². The van der Waals surface area contributed by atoms with Gasteiger partial charge in [0.15, 0.2) is 0 Å². The quantitative estimate of drug-likeness (QED) is 0.837. The maximum Gasteiger partial charge on any atom is 0.0766 e. The Bertz CT molecular complexity index is 366. The zero-order valence-corrected chi connectivity index (χ0v) is 12.6. The van der Waals surface area contributed by atoms with Crippen LogP contribution >= 0.6 is 27.5 Å². The molecule has 0 aliphatic heterocycles. The van der Waals surface area contributed by atoms with E-state index in [1.807, 2.05) is 32.0 Å². The number of aliphatic hydroxyl groups is 1. The van der Waals surface area contributed by atoms with Crippen molar-refractivity contribution >= 4 is 27.5 Å². The third-order valence-corrected chi connectivity index (χ3v) is 4.30. The lowest BCUT2D eigenvalue weighted by atomic mass is 9.97. The summed E-state index contributed by atoms with van der Waals surface area (Å²) in [6, 6.07) is 5.85. The molecule has 96 valence electrons. The lowest BCUT2D eigenvalue weighted by Gasteiger charge is -2.25. The van der Waals surface area contributed by atoms with Gasteiger partial charge in [0.1, 0.15) is 0 Å². The van der Waals surface area contributed by atoms with Crippen LogP contribution < -0.4 is 5.32 Å². The van der Waals surface area contributed by atoms with E-state index in [9.17, 15) is 5.11 Å². The van der Waals surface area contributed by atoms with Crippen molar-refractivity contribution in [2.45, 2.75) is 38.8 Å². The van der Waals surface area contributed by atoms with E-state index in [4.69, 9.17) is 11.6 Å². The maximum atomic E-state index is 10.1. The molecule has 4 heteroatoms. The number of halogens is 2. The van der Waals surface area contributed by atoms with Crippen molar-refractivity contribution in [3.05, 3.63) is 33.3 Å². The molecule has 1 aromatic rings. The van der Waals surface area contributed by atoms with Gasteiger partial charge in [-0.05, 0) is 46.5 Å². The maximum absolute atomic E-state index is 10.1. The van der Waals surface area contributed by atoms with Gasteiger partial charge in [0, 0.05) is 17.6 Å². The summed E-state index contributed by atoms with van der Waals surface area (Å²) < 4.78 is 0.903. The van der Waals surface area contributed by atoms with E-state index in [-0.39, 0.29) is 0 Å². The monoisotopic (exact) mass is 319 g/mol. The number of hydrogen-bond donors (Lipinski definition) is 2. The van der Waals surface area contributed by atoms with Crippen LogP contribution in [-0.4, -0.2) is 17.3 Å². The Morgan fingerprint density at radius 3 is 2.53 bits per heavy atom. The zero-order chi connectivity index (χ0) is 12.9. The second-order valence-electron chi connectivity index (χ2n) is 4.28. The fourth-order valence-corrected chi connectivity index (χ4v) is 2.13. The van der Waals surface area contributed by atoms with Crippen LogP contribution in [0.1, 0.15) is 32.3 Å². The molecule has 0 saturated carbocycles. The minimum atomic E-state index is -0.594. The lowest BCUT2D eigenvalue weighted by Crippen LogP contribution is -2.39. The van der Waals surface area contributed by atoms with E-state index in [1.165, 1.54) is 0 Å². The first-order valence-electron chi connectivity index (χ1n) is 5.88. The average molecular weight is 321 g/mol. The molecule has 0 atom stereocenters. The number of benzene rings is 1. The Kier molecular flexibility index (Phi) is 5.93. The van der Waals surface area contributed by atoms with Gasteiger partial charge in [0.05, 0.1) is 10.6 Å². The van der Waals surface area contributed by atoms with E-state index < -0.39 is 5.60 Å². The Balaban J connectivity index is 2.48. The summed E-state index contributed by atoms with van der Waals surface area (Å²) in [7, 11) is 0. The molecule has 2 N–H and O–H groups in total. The van der Waals surface area contributed by atoms with Crippen LogP contribution in [0.5, 0.6) is 0 Å². The fourth-order valence-electron chi connectivity index (χ4n) is 1.59. The van der Waals surface area contributed by atoms with Crippen LogP contribution in [0, 0.1) is 0 Å². The minimum Gasteiger partial charge on any atom is -0.389 e. The van der Waals surface area contributed by atoms with Crippen molar-refractivity contribution in [2.75, 3.05) is 6.54 Å². The summed E-state index contributed by atoms with van der Waals surface area (Å²) in [6.45, 7) is 5.35. The predicted octanol–water partition coefficient (Wildman–Crippen LogP) is 3.74. The normalized spacial score (nSPS) is 11.8. The largest absolute Gasteiger partial charge is 0.389 e. The summed E-state index contributed by atoms with van der Waals surface area (Å²) in [4.78, 5) is 0. The molecule has 0 aliphatic carbocycles. The second-order valence-corrected chi connectivity index (χ2v) is 5.54. The van der Waals surface area contributed by atoms with Gasteiger partial charge in [-0.3, -0.25) is 0 Å². The number of nitrogens with one attached hydrogen (secondary N) is 1. The molecule has 1 rings (SSSR count). The lowest BCUT2D eigenvalue weighted by molar-refractivity contribution is 0.0323. The molecular formula is C13H19BrClNO. The van der Waals surface area contributed by atoms with E-state index in [2.05, 4.69) is 21.2 Å². The van der Waals surface area contributed by atoms with Gasteiger partial charge in [-0.2, -0.15) is 0 Å². The number of hydrogen-bond acceptors (Lipinski definition) is 2. The van der Waals surface area contributed by atoms with Gasteiger partial charge >= 0.3 is 0 Å². The second kappa shape index (κ2) is 6.74. The van der Waals surface area contributed by atoms with Gasteiger partial charge in [0.2, 0.25) is 0 Å². The molecule has 1 aromatic carbocycles. The van der Waals surface area contributed by atoms with Crippen LogP contribution in [-0.2, 0) is 6.54 Å². The van der Waals surface area contributed by atoms with Gasteiger partial charge in [-0.1, -0.05) is 31.5 Å². The van der Waals surface area contributed by atoms with Crippen molar-refractivity contribution < 1.29 is 5.11 Å². The summed E-state index contributed by atoms with van der Waals surface area (Å²) in [5, 5.41) is 14.1. The first-order chi connectivity index (χ1) is 8.00. The smallest absolute Gasteiger partial charge is 0.0766 e. The first-order valence-corrected chi connectivity index (χ1v) is 7.05. The van der Waals surface area contributed by atoms with Crippen LogP contribution in [0.4, 0.5) is 0 Å². The number of rotatable bonds is 6. The van der Waals surface area contributed by atoms with Crippen LogP contribution in [0.3, 0.4) is 0 Å². The van der Waals surface area contributed by atoms with Crippen molar-refractivity contribution in [3.8, 4) is 0 Å². The summed E-state index contributed by atoms with van der Waals surface area (Å²) in [5.74, 6) is 0. The molecule has 0 aromatic heterocycles. The summed E-state index contributed by atoms with van der Waals surface area (Å²) >= 11 is 9.32. The SMILES string of the molecule is CCC(O)(CC)CNCc1ccc(Cl)c(Br)c1. The highest BCUT2D eigenvalue weighted by Gasteiger charge is 2.20. The van der Waals surface area contributed by atoms with Crippen LogP contribution in [0.2, 0.25) is 5.02 Å². The molecule has 17 heavy (non-hydrogen) atoms. The van der Waals surface area contributed by atoms with Crippen LogP contribution in [0.15, 0.2) is 22.7 Å². The first kappa shape index (κ1) is 15.0. The summed E-state index contributed by atoms with van der Waals surface area (Å²) in [5.41, 5.74) is 0.555. The van der Waals surface area contributed by atoms with Crippen LogP contribution in [0.25, 0.3) is 0 Å². The molecule has 0 heterocycles. The third-order valence-electron chi connectivity index (χ3n) is 3.08. The summed E-state index contributed by atoms with van der Waals surface area (Å²) in [6.07, 6.45) is 1.53. The Labute approximate surface area is 117 Å². The van der Waals surface area contributed by atoms with Crippen molar-refractivity contribution in [1.29, 1.82) is 0 Å². The Morgan fingerprint density at radius 1 is 1.35 bits per heavy atom. The Hall–Kier alpha value is -0.0900.